The number of rotatable bonds is 4. The number of hydrogen-bond donors (Lipinski definition) is 2. The lowest BCUT2D eigenvalue weighted by Crippen LogP contribution is -2.54. The van der Waals surface area contributed by atoms with Crippen molar-refractivity contribution in [3.8, 4) is 0 Å². The molecule has 0 aliphatic heterocycles. The summed E-state index contributed by atoms with van der Waals surface area (Å²) < 4.78 is 0. The minimum Gasteiger partial charge on any atom is -0.310 e. The molecule has 3 fully saturated rings. The van der Waals surface area contributed by atoms with Crippen LogP contribution in [-0.4, -0.2) is 24.2 Å². The van der Waals surface area contributed by atoms with Crippen LogP contribution in [0, 0.1) is 0 Å². The van der Waals surface area contributed by atoms with E-state index in [-0.39, 0.29) is 0 Å². The van der Waals surface area contributed by atoms with Crippen LogP contribution in [0.5, 0.6) is 0 Å². The van der Waals surface area contributed by atoms with E-state index in [4.69, 9.17) is 0 Å². The maximum Gasteiger partial charge on any atom is 0.0223 e. The van der Waals surface area contributed by atoms with Crippen molar-refractivity contribution >= 4 is 0 Å². The second-order valence-corrected chi connectivity index (χ2v) is 6.79. The average Bonchev–Trinajstić information content (AvgIpc) is 3.05. The lowest BCUT2D eigenvalue weighted by Gasteiger charge is -2.36. The van der Waals surface area contributed by atoms with Gasteiger partial charge in [-0.25, -0.2) is 0 Å². The molecule has 0 amide bonds. The number of hydrogen-bond acceptors (Lipinski definition) is 2. The second kappa shape index (κ2) is 6.38. The summed E-state index contributed by atoms with van der Waals surface area (Å²) in [6, 6.07) is 3.20. The molecule has 0 bridgehead atoms. The van der Waals surface area contributed by atoms with Crippen LogP contribution in [0.1, 0.15) is 77.0 Å². The molecule has 0 saturated heterocycles. The fraction of sp³-hybridized carbons (Fsp3) is 1.00. The van der Waals surface area contributed by atoms with Gasteiger partial charge in [0.2, 0.25) is 0 Å². The molecule has 2 nitrogen and oxygen atoms in total. The topological polar surface area (TPSA) is 24.1 Å². The monoisotopic (exact) mass is 250 g/mol. The van der Waals surface area contributed by atoms with Crippen molar-refractivity contribution in [1.82, 2.24) is 10.6 Å². The SMILES string of the molecule is C1CCC(N[C@H]2CCCC[C@@H]2NC2CCCC2)C1. The summed E-state index contributed by atoms with van der Waals surface area (Å²) >= 11 is 0. The van der Waals surface area contributed by atoms with E-state index in [9.17, 15) is 0 Å². The van der Waals surface area contributed by atoms with Crippen LogP contribution in [0.25, 0.3) is 0 Å². The lowest BCUT2D eigenvalue weighted by molar-refractivity contribution is 0.246. The molecule has 3 aliphatic rings. The molecule has 0 radical (unpaired) electrons. The Morgan fingerprint density at radius 3 is 1.17 bits per heavy atom. The summed E-state index contributed by atoms with van der Waals surface area (Å²) in [6.45, 7) is 0. The highest BCUT2D eigenvalue weighted by Crippen LogP contribution is 2.26. The third-order valence-corrected chi connectivity index (χ3v) is 5.38. The van der Waals surface area contributed by atoms with Crippen molar-refractivity contribution in [1.29, 1.82) is 0 Å². The molecule has 0 aromatic heterocycles. The summed E-state index contributed by atoms with van der Waals surface area (Å²) in [5, 5.41) is 7.96. The largest absolute Gasteiger partial charge is 0.310 e. The molecule has 3 saturated carbocycles. The molecule has 0 aromatic carbocycles. The van der Waals surface area contributed by atoms with Crippen LogP contribution in [0.4, 0.5) is 0 Å². The summed E-state index contributed by atoms with van der Waals surface area (Å²) in [5.74, 6) is 0. The molecule has 0 heterocycles. The molecule has 0 spiro atoms. The fourth-order valence-corrected chi connectivity index (χ4v) is 4.32. The molecule has 104 valence electrons. The summed E-state index contributed by atoms with van der Waals surface area (Å²) in [7, 11) is 0. The molecule has 3 aliphatic carbocycles. The predicted molar refractivity (Wildman–Crippen MR) is 76.8 cm³/mol. The summed E-state index contributed by atoms with van der Waals surface area (Å²) in [6.07, 6.45) is 17.2. The van der Waals surface area contributed by atoms with E-state index in [1.54, 1.807) is 0 Å². The maximum absolute atomic E-state index is 3.98. The minimum absolute atomic E-state index is 0.766. The van der Waals surface area contributed by atoms with Crippen LogP contribution in [0.3, 0.4) is 0 Å². The molecule has 0 unspecified atom stereocenters. The molecule has 18 heavy (non-hydrogen) atoms. The van der Waals surface area contributed by atoms with Crippen LogP contribution in [0.15, 0.2) is 0 Å². The van der Waals surface area contributed by atoms with Crippen molar-refractivity contribution < 1.29 is 0 Å². The Kier molecular flexibility index (Phi) is 4.58. The van der Waals surface area contributed by atoms with Crippen molar-refractivity contribution in [2.75, 3.05) is 0 Å². The molecule has 3 rings (SSSR count). The zero-order valence-corrected chi connectivity index (χ0v) is 11.8. The van der Waals surface area contributed by atoms with Crippen molar-refractivity contribution in [3.05, 3.63) is 0 Å². The average molecular weight is 250 g/mol. The van der Waals surface area contributed by atoms with Gasteiger partial charge in [-0.2, -0.15) is 0 Å². The highest BCUT2D eigenvalue weighted by atomic mass is 15.1. The smallest absolute Gasteiger partial charge is 0.0223 e. The third-order valence-electron chi connectivity index (χ3n) is 5.38. The van der Waals surface area contributed by atoms with Gasteiger partial charge in [0, 0.05) is 24.2 Å². The minimum atomic E-state index is 0.766. The molecule has 2 atom stereocenters. The van der Waals surface area contributed by atoms with Gasteiger partial charge in [-0.1, -0.05) is 38.5 Å². The highest BCUT2D eigenvalue weighted by molar-refractivity contribution is 4.92. The first kappa shape index (κ1) is 12.9. The quantitative estimate of drug-likeness (QED) is 0.799. The van der Waals surface area contributed by atoms with Crippen molar-refractivity contribution in [2.45, 2.75) is 101 Å². The van der Waals surface area contributed by atoms with Crippen LogP contribution < -0.4 is 10.6 Å². The highest BCUT2D eigenvalue weighted by Gasteiger charge is 2.30. The van der Waals surface area contributed by atoms with E-state index < -0.39 is 0 Å². The third kappa shape index (κ3) is 3.27. The van der Waals surface area contributed by atoms with Gasteiger partial charge in [0.1, 0.15) is 0 Å². The first-order chi connectivity index (χ1) is 8.92. The predicted octanol–water partition coefficient (Wildman–Crippen LogP) is 3.36. The van der Waals surface area contributed by atoms with E-state index in [0.717, 1.165) is 24.2 Å². The Morgan fingerprint density at radius 1 is 0.444 bits per heavy atom. The Hall–Kier alpha value is -0.0800. The Labute approximate surface area is 112 Å². The Bertz CT molecular complexity index is 215. The number of nitrogens with one attached hydrogen (secondary N) is 2. The van der Waals surface area contributed by atoms with Gasteiger partial charge in [0.15, 0.2) is 0 Å². The van der Waals surface area contributed by atoms with E-state index in [0.29, 0.717) is 0 Å². The lowest BCUT2D eigenvalue weighted by atomic mass is 9.89. The van der Waals surface area contributed by atoms with Gasteiger partial charge in [0.05, 0.1) is 0 Å². The first-order valence-electron chi connectivity index (χ1n) is 8.44. The summed E-state index contributed by atoms with van der Waals surface area (Å²) in [5.41, 5.74) is 0. The Morgan fingerprint density at radius 2 is 0.778 bits per heavy atom. The summed E-state index contributed by atoms with van der Waals surface area (Å²) in [4.78, 5) is 0. The molecule has 2 heteroatoms. The molecular weight excluding hydrogens is 220 g/mol. The normalized spacial score (nSPS) is 35.3. The van der Waals surface area contributed by atoms with E-state index in [2.05, 4.69) is 10.6 Å². The molecule has 2 N–H and O–H groups in total. The van der Waals surface area contributed by atoms with E-state index >= 15 is 0 Å². The van der Waals surface area contributed by atoms with Gasteiger partial charge in [-0.05, 0) is 38.5 Å². The van der Waals surface area contributed by atoms with Gasteiger partial charge in [-0.3, -0.25) is 0 Å². The van der Waals surface area contributed by atoms with Crippen molar-refractivity contribution in [3.63, 3.8) is 0 Å². The second-order valence-electron chi connectivity index (χ2n) is 6.79. The standard InChI is InChI=1S/C16H30N2/c1-2-8-13(7-1)17-15-11-5-6-12-16(15)18-14-9-3-4-10-14/h13-18H,1-12H2/t15-,16-/m0/s1. The zero-order chi connectivity index (χ0) is 12.2. The van der Waals surface area contributed by atoms with Crippen molar-refractivity contribution in [2.24, 2.45) is 0 Å². The van der Waals surface area contributed by atoms with Gasteiger partial charge in [-0.15, -0.1) is 0 Å². The van der Waals surface area contributed by atoms with Crippen LogP contribution >= 0.6 is 0 Å². The first-order valence-corrected chi connectivity index (χ1v) is 8.44. The van der Waals surface area contributed by atoms with Gasteiger partial charge in [0.25, 0.3) is 0 Å². The maximum atomic E-state index is 3.98. The zero-order valence-electron chi connectivity index (χ0n) is 11.8. The van der Waals surface area contributed by atoms with Gasteiger partial charge < -0.3 is 10.6 Å². The van der Waals surface area contributed by atoms with Crippen LogP contribution in [-0.2, 0) is 0 Å². The van der Waals surface area contributed by atoms with Crippen LogP contribution in [0.2, 0.25) is 0 Å². The Balaban J connectivity index is 1.51. The van der Waals surface area contributed by atoms with E-state index in [1.807, 2.05) is 0 Å². The molecule has 0 aromatic rings. The van der Waals surface area contributed by atoms with E-state index in [1.165, 1.54) is 77.0 Å². The molecular formula is C16H30N2. The van der Waals surface area contributed by atoms with Gasteiger partial charge >= 0.3 is 0 Å². The fourth-order valence-electron chi connectivity index (χ4n) is 4.32.